The second-order valence-corrected chi connectivity index (χ2v) is 9.53. The molecule has 1 aliphatic rings. The molecule has 1 saturated carbocycles. The fourth-order valence-corrected chi connectivity index (χ4v) is 3.85. The molecule has 0 amide bonds. The number of aromatic nitrogens is 5. The third-order valence-electron chi connectivity index (χ3n) is 4.77. The highest BCUT2D eigenvalue weighted by Gasteiger charge is 2.24. The monoisotopic (exact) mass is 434 g/mol. The van der Waals surface area contributed by atoms with Crippen LogP contribution in [0.15, 0.2) is 34.2 Å². The summed E-state index contributed by atoms with van der Waals surface area (Å²) in [6, 6.07) is 3.13. The van der Waals surface area contributed by atoms with E-state index in [0.717, 1.165) is 12.8 Å². The second kappa shape index (κ2) is 7.68. The van der Waals surface area contributed by atoms with Gasteiger partial charge in [0.15, 0.2) is 21.3 Å². The van der Waals surface area contributed by atoms with Crippen LogP contribution >= 0.6 is 11.6 Å². The minimum atomic E-state index is -3.30. The van der Waals surface area contributed by atoms with Crippen molar-refractivity contribution in [2.75, 3.05) is 11.1 Å². The highest BCUT2D eigenvalue weighted by Crippen LogP contribution is 2.31. The molecule has 4 rings (SSSR count). The van der Waals surface area contributed by atoms with Gasteiger partial charge < -0.3 is 5.32 Å². The lowest BCUT2D eigenvalue weighted by Crippen LogP contribution is -2.27. The zero-order chi connectivity index (χ0) is 20.6. The topological polar surface area (TPSA) is 120 Å². The van der Waals surface area contributed by atoms with Crippen LogP contribution in [0.4, 0.5) is 5.82 Å². The number of rotatable bonds is 7. The second-order valence-electron chi connectivity index (χ2n) is 6.91. The molecule has 1 fully saturated rings. The molecule has 0 bridgehead atoms. The van der Waals surface area contributed by atoms with Crippen LogP contribution in [0.3, 0.4) is 0 Å². The predicted molar refractivity (Wildman–Crippen MR) is 109 cm³/mol. The normalized spacial score (nSPS) is 14.3. The van der Waals surface area contributed by atoms with E-state index in [9.17, 15) is 13.2 Å². The number of halogens is 1. The van der Waals surface area contributed by atoms with Crippen molar-refractivity contribution in [3.63, 3.8) is 0 Å². The summed E-state index contributed by atoms with van der Waals surface area (Å²) in [5, 5.41) is 3.06. The van der Waals surface area contributed by atoms with Crippen LogP contribution in [0.2, 0.25) is 5.28 Å². The van der Waals surface area contributed by atoms with E-state index in [4.69, 9.17) is 11.6 Å². The van der Waals surface area contributed by atoms with Crippen molar-refractivity contribution in [1.29, 1.82) is 0 Å². The summed E-state index contributed by atoms with van der Waals surface area (Å²) in [4.78, 5) is 29.7. The van der Waals surface area contributed by atoms with Crippen LogP contribution < -0.4 is 10.9 Å². The predicted octanol–water partition coefficient (Wildman–Crippen LogP) is 2.05. The van der Waals surface area contributed by atoms with Crippen LogP contribution in [0.5, 0.6) is 0 Å². The van der Waals surface area contributed by atoms with E-state index in [-0.39, 0.29) is 33.9 Å². The molecule has 9 nitrogen and oxygen atoms in total. The van der Waals surface area contributed by atoms with Crippen molar-refractivity contribution in [1.82, 2.24) is 24.5 Å². The first kappa shape index (κ1) is 19.7. The largest absolute Gasteiger partial charge is 0.360 e. The number of nitrogens with one attached hydrogen (secondary N) is 1. The lowest BCUT2D eigenvalue weighted by Gasteiger charge is -2.12. The van der Waals surface area contributed by atoms with Gasteiger partial charge in [-0.3, -0.25) is 14.3 Å². The molecule has 0 atom stereocenters. The molecule has 0 radical (unpaired) electrons. The van der Waals surface area contributed by atoms with Crippen molar-refractivity contribution >= 4 is 38.4 Å². The van der Waals surface area contributed by atoms with E-state index >= 15 is 0 Å². The Morgan fingerprint density at radius 2 is 2.00 bits per heavy atom. The zero-order valence-electron chi connectivity index (χ0n) is 15.7. The van der Waals surface area contributed by atoms with Gasteiger partial charge in [-0.25, -0.2) is 18.4 Å². The fraction of sp³-hybridized carbons (Fsp3) is 0.389. The summed E-state index contributed by atoms with van der Waals surface area (Å²) in [7, 11) is -3.30. The quantitative estimate of drug-likeness (QED) is 0.561. The minimum Gasteiger partial charge on any atom is -0.360 e. The van der Waals surface area contributed by atoms with Crippen LogP contribution in [0, 0.1) is 5.92 Å². The van der Waals surface area contributed by atoms with Gasteiger partial charge in [-0.1, -0.05) is 6.92 Å². The molecule has 3 heterocycles. The van der Waals surface area contributed by atoms with Gasteiger partial charge in [0.2, 0.25) is 5.28 Å². The van der Waals surface area contributed by atoms with E-state index in [1.165, 1.54) is 18.5 Å². The maximum absolute atomic E-state index is 12.9. The van der Waals surface area contributed by atoms with Crippen LogP contribution in [0.1, 0.15) is 25.5 Å². The van der Waals surface area contributed by atoms with E-state index in [1.807, 2.05) is 0 Å². The summed E-state index contributed by atoms with van der Waals surface area (Å²) < 4.78 is 25.4. The molecule has 0 spiro atoms. The number of hydrogen-bond donors (Lipinski definition) is 1. The third kappa shape index (κ3) is 4.23. The van der Waals surface area contributed by atoms with Gasteiger partial charge in [0, 0.05) is 12.7 Å². The van der Waals surface area contributed by atoms with Gasteiger partial charge in [0.1, 0.15) is 5.52 Å². The standard InChI is InChI=1S/C18H19ClN6O3S/c1-2-29(27,28)13-6-5-12(20-8-13)7-21-15-17(26)25(10-11-3-4-11)16-14(23-15)9-22-18(19)24-16/h5-6,8-9,11H,2-4,7,10H2,1H3,(H,21,23). The molecule has 29 heavy (non-hydrogen) atoms. The zero-order valence-corrected chi connectivity index (χ0v) is 17.2. The Morgan fingerprint density at radius 3 is 2.66 bits per heavy atom. The van der Waals surface area contributed by atoms with E-state index in [0.29, 0.717) is 29.3 Å². The molecule has 0 saturated heterocycles. The highest BCUT2D eigenvalue weighted by atomic mass is 35.5. The Kier molecular flexibility index (Phi) is 5.22. The molecule has 3 aromatic rings. The van der Waals surface area contributed by atoms with Gasteiger partial charge in [-0.2, -0.15) is 4.98 Å². The fourth-order valence-electron chi connectivity index (χ4n) is 2.90. The molecular weight excluding hydrogens is 416 g/mol. The van der Waals surface area contributed by atoms with Crippen LogP contribution in [-0.4, -0.2) is 38.7 Å². The lowest BCUT2D eigenvalue weighted by atomic mass is 10.3. The Labute approximate surface area is 172 Å². The van der Waals surface area contributed by atoms with Crippen LogP contribution in [-0.2, 0) is 22.9 Å². The maximum atomic E-state index is 12.9. The Bertz CT molecular complexity index is 1220. The molecule has 152 valence electrons. The Hall–Kier alpha value is -2.59. The number of sulfone groups is 1. The summed E-state index contributed by atoms with van der Waals surface area (Å²) in [6.07, 6.45) is 4.97. The molecule has 11 heteroatoms. The molecule has 3 aromatic heterocycles. The average Bonchev–Trinajstić information content (AvgIpc) is 3.54. The molecular formula is C18H19ClN6O3S. The van der Waals surface area contributed by atoms with Gasteiger partial charge in [0.25, 0.3) is 5.56 Å². The van der Waals surface area contributed by atoms with E-state index in [1.54, 1.807) is 17.6 Å². The first-order chi connectivity index (χ1) is 13.9. The van der Waals surface area contributed by atoms with Crippen LogP contribution in [0.25, 0.3) is 11.2 Å². The van der Waals surface area contributed by atoms with E-state index in [2.05, 4.69) is 25.3 Å². The van der Waals surface area contributed by atoms with Crippen molar-refractivity contribution in [2.24, 2.45) is 5.92 Å². The van der Waals surface area contributed by atoms with Gasteiger partial charge >= 0.3 is 0 Å². The summed E-state index contributed by atoms with van der Waals surface area (Å²) in [6.45, 7) is 2.36. The van der Waals surface area contributed by atoms with E-state index < -0.39 is 9.84 Å². The summed E-state index contributed by atoms with van der Waals surface area (Å²) >= 11 is 5.90. The Balaban J connectivity index is 1.62. The summed E-state index contributed by atoms with van der Waals surface area (Å²) in [5.41, 5.74) is 1.18. The molecule has 1 N–H and O–H groups in total. The van der Waals surface area contributed by atoms with Gasteiger partial charge in [0.05, 0.1) is 29.1 Å². The Morgan fingerprint density at radius 1 is 1.21 bits per heavy atom. The highest BCUT2D eigenvalue weighted by molar-refractivity contribution is 7.91. The SMILES string of the molecule is CCS(=O)(=O)c1ccc(CNc2nc3cnc(Cl)nc3n(CC3CC3)c2=O)nc1. The molecule has 0 unspecified atom stereocenters. The third-order valence-corrected chi connectivity index (χ3v) is 6.67. The number of fused-ring (bicyclic) bond motifs is 1. The first-order valence-corrected chi connectivity index (χ1v) is 11.2. The number of nitrogens with zero attached hydrogens (tertiary/aromatic N) is 5. The summed E-state index contributed by atoms with van der Waals surface area (Å²) in [5.74, 6) is 0.630. The number of pyridine rings is 1. The first-order valence-electron chi connectivity index (χ1n) is 9.22. The molecule has 1 aliphatic carbocycles. The van der Waals surface area contributed by atoms with Crippen molar-refractivity contribution in [3.8, 4) is 0 Å². The lowest BCUT2D eigenvalue weighted by molar-refractivity contribution is 0.596. The molecule has 0 aliphatic heterocycles. The number of hydrogen-bond acceptors (Lipinski definition) is 8. The number of anilines is 1. The van der Waals surface area contributed by atoms with Gasteiger partial charge in [-0.05, 0) is 42.5 Å². The minimum absolute atomic E-state index is 0.0138. The van der Waals surface area contributed by atoms with Crippen molar-refractivity contribution < 1.29 is 8.42 Å². The van der Waals surface area contributed by atoms with Crippen molar-refractivity contribution in [3.05, 3.63) is 45.9 Å². The smallest absolute Gasteiger partial charge is 0.294 e. The van der Waals surface area contributed by atoms with Gasteiger partial charge in [-0.15, -0.1) is 0 Å². The van der Waals surface area contributed by atoms with Crippen molar-refractivity contribution in [2.45, 2.75) is 37.8 Å². The maximum Gasteiger partial charge on any atom is 0.294 e. The average molecular weight is 435 g/mol. The molecule has 0 aromatic carbocycles.